The first kappa shape index (κ1) is 18.8. The zero-order valence-corrected chi connectivity index (χ0v) is 13.9. The van der Waals surface area contributed by atoms with Crippen molar-refractivity contribution >= 4 is 21.6 Å². The molecule has 2 aromatic rings. The second-order valence-corrected chi connectivity index (χ2v) is 7.05. The maximum absolute atomic E-state index is 12.5. The topological polar surface area (TPSA) is 75.3 Å². The fourth-order valence-corrected chi connectivity index (χ4v) is 2.64. The van der Waals surface area contributed by atoms with Crippen LogP contribution in [0.4, 0.5) is 18.9 Å². The lowest BCUT2D eigenvalue weighted by atomic mass is 10.1. The van der Waals surface area contributed by atoms with Crippen LogP contribution in [0.2, 0.25) is 0 Å². The molecule has 0 unspecified atom stereocenters. The van der Waals surface area contributed by atoms with Crippen molar-refractivity contribution in [1.82, 2.24) is 5.32 Å². The monoisotopic (exact) mass is 372 g/mol. The minimum Gasteiger partial charge on any atom is -0.348 e. The molecule has 0 spiro atoms. The van der Waals surface area contributed by atoms with E-state index in [4.69, 9.17) is 0 Å². The van der Waals surface area contributed by atoms with Crippen LogP contribution >= 0.6 is 0 Å². The van der Waals surface area contributed by atoms with Gasteiger partial charge < -0.3 is 5.32 Å². The number of rotatable bonds is 5. The number of para-hydroxylation sites is 1. The molecule has 0 radical (unpaired) electrons. The molecular weight excluding hydrogens is 357 g/mol. The highest BCUT2D eigenvalue weighted by Gasteiger charge is 2.29. The van der Waals surface area contributed by atoms with Gasteiger partial charge in [-0.25, -0.2) is 8.42 Å². The predicted molar refractivity (Wildman–Crippen MR) is 87.5 cm³/mol. The highest BCUT2D eigenvalue weighted by Crippen LogP contribution is 2.29. The van der Waals surface area contributed by atoms with Crippen LogP contribution in [-0.2, 0) is 22.7 Å². The van der Waals surface area contributed by atoms with Gasteiger partial charge in [-0.2, -0.15) is 13.2 Å². The van der Waals surface area contributed by atoms with E-state index in [1.807, 2.05) is 0 Å². The minimum absolute atomic E-state index is 0.00415. The number of halogens is 3. The zero-order chi connectivity index (χ0) is 18.7. The molecule has 0 aliphatic carbocycles. The summed E-state index contributed by atoms with van der Waals surface area (Å²) in [5.74, 6) is -0.549. The first-order valence-corrected chi connectivity index (χ1v) is 8.96. The Morgan fingerprint density at radius 3 is 2.20 bits per heavy atom. The lowest BCUT2D eigenvalue weighted by molar-refractivity contribution is -0.137. The molecule has 0 aliphatic rings. The van der Waals surface area contributed by atoms with Crippen LogP contribution in [0.15, 0.2) is 48.5 Å². The Labute approximate surface area is 142 Å². The van der Waals surface area contributed by atoms with Crippen molar-refractivity contribution in [2.24, 2.45) is 0 Å². The number of hydrogen-bond acceptors (Lipinski definition) is 3. The number of nitrogens with one attached hydrogen (secondary N) is 2. The predicted octanol–water partition coefficient (Wildman–Crippen LogP) is 3.01. The summed E-state index contributed by atoms with van der Waals surface area (Å²) >= 11 is 0. The van der Waals surface area contributed by atoms with E-state index in [2.05, 4.69) is 10.0 Å². The van der Waals surface area contributed by atoms with E-state index < -0.39 is 27.7 Å². The Morgan fingerprint density at radius 2 is 1.64 bits per heavy atom. The molecule has 0 fully saturated rings. The van der Waals surface area contributed by atoms with E-state index in [0.29, 0.717) is 5.56 Å². The van der Waals surface area contributed by atoms with Crippen molar-refractivity contribution in [2.75, 3.05) is 11.0 Å². The maximum Gasteiger partial charge on any atom is 0.416 e. The number of hydrogen-bond donors (Lipinski definition) is 2. The Morgan fingerprint density at radius 1 is 1.04 bits per heavy atom. The highest BCUT2D eigenvalue weighted by molar-refractivity contribution is 7.92. The molecular formula is C16H15F3N2O3S. The molecule has 0 aromatic heterocycles. The van der Waals surface area contributed by atoms with Gasteiger partial charge >= 0.3 is 6.18 Å². The van der Waals surface area contributed by atoms with E-state index in [9.17, 15) is 26.4 Å². The summed E-state index contributed by atoms with van der Waals surface area (Å²) in [5.41, 5.74) is -0.0602. The first-order chi connectivity index (χ1) is 11.6. The molecule has 5 nitrogen and oxygen atoms in total. The third kappa shape index (κ3) is 5.49. The number of carbonyl (C=O) groups excluding carboxylic acids is 1. The standard InChI is InChI=1S/C16H15F3N2O3S/c1-25(23,24)21-14-5-3-2-4-13(14)15(22)20-10-11-6-8-12(9-7-11)16(17,18)19/h2-9,21H,10H2,1H3,(H,20,22). The average Bonchev–Trinajstić information content (AvgIpc) is 2.51. The number of alkyl halides is 3. The number of carbonyl (C=O) groups is 1. The third-order valence-corrected chi connectivity index (χ3v) is 3.79. The van der Waals surface area contributed by atoms with Crippen molar-refractivity contribution in [3.05, 3.63) is 65.2 Å². The molecule has 0 saturated heterocycles. The summed E-state index contributed by atoms with van der Waals surface area (Å²) in [6.07, 6.45) is -3.46. The minimum atomic E-state index is -4.42. The third-order valence-electron chi connectivity index (χ3n) is 3.20. The quantitative estimate of drug-likeness (QED) is 0.847. The molecule has 0 saturated carbocycles. The fourth-order valence-electron chi connectivity index (χ4n) is 2.06. The molecule has 2 N–H and O–H groups in total. The molecule has 2 rings (SSSR count). The molecule has 0 atom stereocenters. The SMILES string of the molecule is CS(=O)(=O)Nc1ccccc1C(=O)NCc1ccc(C(F)(F)F)cc1. The first-order valence-electron chi connectivity index (χ1n) is 7.07. The lowest BCUT2D eigenvalue weighted by Crippen LogP contribution is -2.24. The summed E-state index contributed by atoms with van der Waals surface area (Å²) in [6, 6.07) is 10.4. The van der Waals surface area contributed by atoms with Crippen molar-refractivity contribution < 1.29 is 26.4 Å². The number of benzene rings is 2. The summed E-state index contributed by atoms with van der Waals surface area (Å²) < 4.78 is 62.4. The molecule has 25 heavy (non-hydrogen) atoms. The Kier molecular flexibility index (Phi) is 5.36. The Bertz CT molecular complexity index is 863. The van der Waals surface area contributed by atoms with Crippen molar-refractivity contribution in [2.45, 2.75) is 12.7 Å². The van der Waals surface area contributed by atoms with Crippen LogP contribution in [0, 0.1) is 0 Å². The van der Waals surface area contributed by atoms with Crippen molar-refractivity contribution in [1.29, 1.82) is 0 Å². The molecule has 0 aliphatic heterocycles. The number of sulfonamides is 1. The Balaban J connectivity index is 2.08. The molecule has 0 bridgehead atoms. The molecule has 0 heterocycles. The van der Waals surface area contributed by atoms with Crippen LogP contribution in [0.25, 0.3) is 0 Å². The van der Waals surface area contributed by atoms with Gasteiger partial charge in [0.25, 0.3) is 5.91 Å². The van der Waals surface area contributed by atoms with Gasteiger partial charge in [0.2, 0.25) is 10.0 Å². The summed E-state index contributed by atoms with van der Waals surface area (Å²) in [6.45, 7) is 0.00415. The van der Waals surface area contributed by atoms with Crippen LogP contribution < -0.4 is 10.0 Å². The second kappa shape index (κ2) is 7.14. The smallest absolute Gasteiger partial charge is 0.348 e. The van der Waals surface area contributed by atoms with Gasteiger partial charge in [-0.05, 0) is 29.8 Å². The second-order valence-electron chi connectivity index (χ2n) is 5.30. The van der Waals surface area contributed by atoms with E-state index in [-0.39, 0.29) is 17.8 Å². The normalized spacial score (nSPS) is 11.8. The molecule has 9 heteroatoms. The van der Waals surface area contributed by atoms with E-state index in [1.54, 1.807) is 12.1 Å². The highest BCUT2D eigenvalue weighted by atomic mass is 32.2. The van der Waals surface area contributed by atoms with E-state index in [0.717, 1.165) is 18.4 Å². The molecule has 134 valence electrons. The summed E-state index contributed by atoms with van der Waals surface area (Å²) in [5, 5.41) is 2.54. The van der Waals surface area contributed by atoms with Crippen LogP contribution in [0.3, 0.4) is 0 Å². The van der Waals surface area contributed by atoms with Crippen molar-refractivity contribution in [3.63, 3.8) is 0 Å². The largest absolute Gasteiger partial charge is 0.416 e. The van der Waals surface area contributed by atoms with Gasteiger partial charge in [0.1, 0.15) is 0 Å². The van der Waals surface area contributed by atoms with Gasteiger partial charge in [-0.1, -0.05) is 24.3 Å². The van der Waals surface area contributed by atoms with Crippen LogP contribution in [0.1, 0.15) is 21.5 Å². The number of amides is 1. The van der Waals surface area contributed by atoms with Crippen molar-refractivity contribution in [3.8, 4) is 0 Å². The van der Waals surface area contributed by atoms with Gasteiger partial charge in [0.15, 0.2) is 0 Å². The average molecular weight is 372 g/mol. The van der Waals surface area contributed by atoms with Gasteiger partial charge in [-0.3, -0.25) is 9.52 Å². The van der Waals surface area contributed by atoms with Gasteiger partial charge in [0.05, 0.1) is 23.1 Å². The molecule has 1 amide bonds. The van der Waals surface area contributed by atoms with Gasteiger partial charge in [-0.15, -0.1) is 0 Å². The number of anilines is 1. The lowest BCUT2D eigenvalue weighted by Gasteiger charge is -2.11. The summed E-state index contributed by atoms with van der Waals surface area (Å²) in [4.78, 5) is 12.2. The zero-order valence-electron chi connectivity index (χ0n) is 13.1. The summed E-state index contributed by atoms with van der Waals surface area (Å²) in [7, 11) is -3.56. The molecule has 2 aromatic carbocycles. The van der Waals surface area contributed by atoms with E-state index in [1.165, 1.54) is 24.3 Å². The van der Waals surface area contributed by atoms with E-state index >= 15 is 0 Å². The Hall–Kier alpha value is -2.55. The fraction of sp³-hybridized carbons (Fsp3) is 0.188. The van der Waals surface area contributed by atoms with Crippen LogP contribution in [-0.4, -0.2) is 20.6 Å². The maximum atomic E-state index is 12.5. The van der Waals surface area contributed by atoms with Gasteiger partial charge in [0, 0.05) is 6.54 Å². The van der Waals surface area contributed by atoms with Crippen LogP contribution in [0.5, 0.6) is 0 Å².